The summed E-state index contributed by atoms with van der Waals surface area (Å²) in [4.78, 5) is 31.5. The largest absolute Gasteiger partial charge is 0.350 e. The summed E-state index contributed by atoms with van der Waals surface area (Å²) < 4.78 is 1.53. The Balaban J connectivity index is 1.71. The summed E-state index contributed by atoms with van der Waals surface area (Å²) in [6.45, 7) is 3.34. The third-order valence-electron chi connectivity index (χ3n) is 4.12. The molecule has 1 aliphatic rings. The fraction of sp³-hybridized carbons (Fsp3) is 0.438. The second kappa shape index (κ2) is 6.54. The molecule has 1 N–H and O–H groups in total. The van der Waals surface area contributed by atoms with Gasteiger partial charge in [-0.05, 0) is 36.8 Å². The van der Waals surface area contributed by atoms with Crippen LogP contribution in [0.4, 0.5) is 5.82 Å². The Hall–Kier alpha value is -2.15. The summed E-state index contributed by atoms with van der Waals surface area (Å²) in [5, 5.41) is 5.01. The molecule has 0 spiro atoms. The van der Waals surface area contributed by atoms with Gasteiger partial charge in [0.1, 0.15) is 0 Å². The van der Waals surface area contributed by atoms with Gasteiger partial charge in [-0.15, -0.1) is 11.3 Å². The predicted octanol–water partition coefficient (Wildman–Crippen LogP) is 1.55. The number of aromatic nitrogens is 2. The molecule has 0 unspecified atom stereocenters. The molecule has 0 aromatic carbocycles. The first-order valence-corrected chi connectivity index (χ1v) is 8.56. The monoisotopic (exact) mass is 332 g/mol. The van der Waals surface area contributed by atoms with Crippen LogP contribution in [0.3, 0.4) is 0 Å². The standard InChI is InChI=1S/C16H20N4O2S/c1-11-5-9-23-13(11)15(21)18-12-4-3-7-20(10-12)14-16(22)19(2)8-6-17-14/h5-6,8-9,12H,3-4,7,10H2,1-2H3,(H,18,21)/t12-/m1/s1. The second-order valence-electron chi connectivity index (χ2n) is 5.86. The van der Waals surface area contributed by atoms with Gasteiger partial charge in [0, 0.05) is 38.6 Å². The zero-order valence-electron chi connectivity index (χ0n) is 13.3. The number of piperidine rings is 1. The minimum absolute atomic E-state index is 0.0294. The van der Waals surface area contributed by atoms with E-state index < -0.39 is 0 Å². The quantitative estimate of drug-likeness (QED) is 0.926. The number of nitrogens with one attached hydrogen (secondary N) is 1. The lowest BCUT2D eigenvalue weighted by molar-refractivity contribution is 0.0936. The highest BCUT2D eigenvalue weighted by Crippen LogP contribution is 2.18. The molecule has 122 valence electrons. The first kappa shape index (κ1) is 15.7. The van der Waals surface area contributed by atoms with Crippen molar-refractivity contribution in [3.63, 3.8) is 0 Å². The number of nitrogens with zero attached hydrogens (tertiary/aromatic N) is 3. The molecule has 7 heteroatoms. The van der Waals surface area contributed by atoms with Crippen molar-refractivity contribution in [3.05, 3.63) is 44.6 Å². The van der Waals surface area contributed by atoms with E-state index >= 15 is 0 Å². The third-order valence-corrected chi connectivity index (χ3v) is 5.14. The normalized spacial score (nSPS) is 18.0. The fourth-order valence-corrected chi connectivity index (χ4v) is 3.67. The van der Waals surface area contributed by atoms with E-state index in [0.717, 1.165) is 29.8 Å². The van der Waals surface area contributed by atoms with Gasteiger partial charge in [0.05, 0.1) is 4.88 Å². The lowest BCUT2D eigenvalue weighted by Gasteiger charge is -2.33. The van der Waals surface area contributed by atoms with Crippen molar-refractivity contribution < 1.29 is 4.79 Å². The molecule has 2 aromatic heterocycles. The topological polar surface area (TPSA) is 67.2 Å². The second-order valence-corrected chi connectivity index (χ2v) is 6.77. The van der Waals surface area contributed by atoms with Crippen LogP contribution in [0.5, 0.6) is 0 Å². The molecule has 1 aliphatic heterocycles. The van der Waals surface area contributed by atoms with Gasteiger partial charge in [-0.2, -0.15) is 0 Å². The Morgan fingerprint density at radius 3 is 3.04 bits per heavy atom. The van der Waals surface area contributed by atoms with Gasteiger partial charge in [0.2, 0.25) is 0 Å². The molecule has 3 rings (SSSR count). The Morgan fingerprint density at radius 1 is 1.48 bits per heavy atom. The maximum atomic E-state index is 12.4. The van der Waals surface area contributed by atoms with E-state index in [2.05, 4.69) is 10.3 Å². The number of hydrogen-bond donors (Lipinski definition) is 1. The van der Waals surface area contributed by atoms with Gasteiger partial charge in [-0.1, -0.05) is 0 Å². The highest BCUT2D eigenvalue weighted by atomic mass is 32.1. The van der Waals surface area contributed by atoms with Crippen molar-refractivity contribution in [1.82, 2.24) is 14.9 Å². The highest BCUT2D eigenvalue weighted by Gasteiger charge is 2.25. The molecule has 6 nitrogen and oxygen atoms in total. The molecule has 2 aromatic rings. The number of rotatable bonds is 3. The average molecular weight is 332 g/mol. The fourth-order valence-electron chi connectivity index (χ4n) is 2.85. The molecular formula is C16H20N4O2S. The summed E-state index contributed by atoms with van der Waals surface area (Å²) in [6, 6.07) is 1.98. The third kappa shape index (κ3) is 3.29. The van der Waals surface area contributed by atoms with Crippen LogP contribution in [0.2, 0.25) is 0 Å². The Bertz CT molecular complexity index is 767. The molecular weight excluding hydrogens is 312 g/mol. The Labute approximate surface area is 138 Å². The van der Waals surface area contributed by atoms with E-state index in [4.69, 9.17) is 0 Å². The van der Waals surface area contributed by atoms with Crippen molar-refractivity contribution in [1.29, 1.82) is 0 Å². The zero-order valence-corrected chi connectivity index (χ0v) is 14.1. The molecule has 3 heterocycles. The molecule has 0 aliphatic carbocycles. The number of carbonyl (C=O) groups excluding carboxylic acids is 1. The number of thiophene rings is 1. The average Bonchev–Trinajstić information content (AvgIpc) is 2.96. The van der Waals surface area contributed by atoms with Gasteiger partial charge in [-0.25, -0.2) is 4.98 Å². The number of amides is 1. The van der Waals surface area contributed by atoms with Crippen LogP contribution < -0.4 is 15.8 Å². The maximum absolute atomic E-state index is 12.4. The van der Waals surface area contributed by atoms with E-state index in [9.17, 15) is 9.59 Å². The minimum Gasteiger partial charge on any atom is -0.350 e. The van der Waals surface area contributed by atoms with Crippen molar-refractivity contribution in [2.24, 2.45) is 7.05 Å². The molecule has 23 heavy (non-hydrogen) atoms. The van der Waals surface area contributed by atoms with Gasteiger partial charge in [0.25, 0.3) is 11.5 Å². The maximum Gasteiger partial charge on any atom is 0.293 e. The molecule has 1 amide bonds. The predicted molar refractivity (Wildman–Crippen MR) is 91.2 cm³/mol. The van der Waals surface area contributed by atoms with Crippen molar-refractivity contribution in [2.75, 3.05) is 18.0 Å². The SMILES string of the molecule is Cc1ccsc1C(=O)N[C@@H]1CCCN(c2nccn(C)c2=O)C1. The molecule has 0 radical (unpaired) electrons. The van der Waals surface area contributed by atoms with Crippen LogP contribution in [0, 0.1) is 6.92 Å². The van der Waals surface area contributed by atoms with Crippen LogP contribution in [0.25, 0.3) is 0 Å². The Morgan fingerprint density at radius 2 is 2.30 bits per heavy atom. The molecule has 0 saturated carbocycles. The van der Waals surface area contributed by atoms with Crippen LogP contribution in [-0.2, 0) is 7.05 Å². The van der Waals surface area contributed by atoms with Gasteiger partial charge < -0.3 is 14.8 Å². The number of anilines is 1. The van der Waals surface area contributed by atoms with E-state index in [1.165, 1.54) is 15.9 Å². The lowest BCUT2D eigenvalue weighted by atomic mass is 10.1. The van der Waals surface area contributed by atoms with E-state index in [1.807, 2.05) is 23.3 Å². The summed E-state index contributed by atoms with van der Waals surface area (Å²) in [5.74, 6) is 0.430. The van der Waals surface area contributed by atoms with Gasteiger partial charge >= 0.3 is 0 Å². The summed E-state index contributed by atoms with van der Waals surface area (Å²) in [7, 11) is 1.72. The van der Waals surface area contributed by atoms with Crippen molar-refractivity contribution in [2.45, 2.75) is 25.8 Å². The van der Waals surface area contributed by atoms with E-state index in [1.54, 1.807) is 19.4 Å². The highest BCUT2D eigenvalue weighted by molar-refractivity contribution is 7.12. The molecule has 0 bridgehead atoms. The first-order valence-electron chi connectivity index (χ1n) is 7.68. The summed E-state index contributed by atoms with van der Waals surface area (Å²) in [6.07, 6.45) is 5.12. The number of hydrogen-bond acceptors (Lipinski definition) is 5. The lowest BCUT2D eigenvalue weighted by Crippen LogP contribution is -2.49. The summed E-state index contributed by atoms with van der Waals surface area (Å²) in [5.41, 5.74) is 0.896. The van der Waals surface area contributed by atoms with Gasteiger partial charge in [0.15, 0.2) is 5.82 Å². The van der Waals surface area contributed by atoms with Gasteiger partial charge in [-0.3, -0.25) is 9.59 Å². The molecule has 1 atom stereocenters. The number of carbonyl (C=O) groups is 1. The van der Waals surface area contributed by atoms with Crippen LogP contribution >= 0.6 is 11.3 Å². The van der Waals surface area contributed by atoms with Crippen molar-refractivity contribution in [3.8, 4) is 0 Å². The smallest absolute Gasteiger partial charge is 0.293 e. The van der Waals surface area contributed by atoms with E-state index in [-0.39, 0.29) is 17.5 Å². The molecule has 1 fully saturated rings. The first-order chi connectivity index (χ1) is 11.1. The Kier molecular flexibility index (Phi) is 4.47. The minimum atomic E-state index is -0.103. The number of aryl methyl sites for hydroxylation is 2. The van der Waals surface area contributed by atoms with Crippen LogP contribution in [0.15, 0.2) is 28.6 Å². The van der Waals surface area contributed by atoms with Crippen LogP contribution in [0.1, 0.15) is 28.1 Å². The van der Waals surface area contributed by atoms with E-state index in [0.29, 0.717) is 12.4 Å². The van der Waals surface area contributed by atoms with Crippen LogP contribution in [-0.4, -0.2) is 34.6 Å². The van der Waals surface area contributed by atoms with Crippen molar-refractivity contribution >= 4 is 23.1 Å². The zero-order chi connectivity index (χ0) is 16.4. The summed E-state index contributed by atoms with van der Waals surface area (Å²) >= 11 is 1.46. The molecule has 1 saturated heterocycles.